The number of hydrogen-bond donors (Lipinski definition) is 1. The molecule has 144 valence electrons. The average Bonchev–Trinajstić information content (AvgIpc) is 3.12. The van der Waals surface area contributed by atoms with Crippen LogP contribution in [0.2, 0.25) is 5.02 Å². The molecular weight excluding hydrogens is 379 g/mol. The monoisotopic (exact) mass is 398 g/mol. The van der Waals surface area contributed by atoms with Crippen LogP contribution in [0.15, 0.2) is 54.7 Å². The highest BCUT2D eigenvalue weighted by Gasteiger charge is 2.19. The molecule has 0 aliphatic carbocycles. The molecule has 0 atom stereocenters. The molecule has 4 rings (SSSR count). The summed E-state index contributed by atoms with van der Waals surface area (Å²) in [6, 6.07) is 11.9. The summed E-state index contributed by atoms with van der Waals surface area (Å²) in [5.41, 5.74) is 3.04. The number of carbonyl (C=O) groups excluding carboxylic acids is 1. The van der Waals surface area contributed by atoms with E-state index >= 15 is 0 Å². The first kappa shape index (κ1) is 18.6. The Morgan fingerprint density at radius 3 is 2.79 bits per heavy atom. The second kappa shape index (κ2) is 8.07. The Morgan fingerprint density at radius 2 is 2.04 bits per heavy atom. The van der Waals surface area contributed by atoms with Crippen LogP contribution in [0.1, 0.15) is 18.4 Å². The maximum atomic E-state index is 13.4. The van der Waals surface area contributed by atoms with E-state index in [4.69, 9.17) is 16.3 Å². The van der Waals surface area contributed by atoms with Gasteiger partial charge in [0, 0.05) is 40.8 Å². The number of H-pyrrole nitrogens is 1. The smallest absolute Gasteiger partial charge is 0.226 e. The van der Waals surface area contributed by atoms with Crippen molar-refractivity contribution in [1.82, 2.24) is 9.88 Å². The third-order valence-corrected chi connectivity index (χ3v) is 5.20. The first-order chi connectivity index (χ1) is 13.6. The molecule has 0 fully saturated rings. The van der Waals surface area contributed by atoms with Crippen LogP contribution in [0.4, 0.5) is 4.39 Å². The highest BCUT2D eigenvalue weighted by molar-refractivity contribution is 6.30. The summed E-state index contributed by atoms with van der Waals surface area (Å²) in [4.78, 5) is 17.4. The number of rotatable bonds is 5. The van der Waals surface area contributed by atoms with Gasteiger partial charge < -0.3 is 14.6 Å². The van der Waals surface area contributed by atoms with Crippen LogP contribution in [0, 0.1) is 5.82 Å². The molecule has 1 N–H and O–H groups in total. The minimum atomic E-state index is -0.254. The summed E-state index contributed by atoms with van der Waals surface area (Å²) in [6.07, 6.45) is 5.09. The van der Waals surface area contributed by atoms with Gasteiger partial charge in [-0.2, -0.15) is 0 Å². The van der Waals surface area contributed by atoms with Crippen LogP contribution in [0.5, 0.6) is 5.75 Å². The molecule has 1 aliphatic rings. The van der Waals surface area contributed by atoms with Crippen LogP contribution in [0.3, 0.4) is 0 Å². The maximum Gasteiger partial charge on any atom is 0.226 e. The Hall–Kier alpha value is -2.79. The van der Waals surface area contributed by atoms with Gasteiger partial charge in [-0.05, 0) is 54.5 Å². The normalized spacial score (nSPS) is 14.2. The largest absolute Gasteiger partial charge is 0.493 e. The van der Waals surface area contributed by atoms with E-state index in [0.29, 0.717) is 36.9 Å². The first-order valence-corrected chi connectivity index (χ1v) is 9.60. The Bertz CT molecular complexity index is 1030. The summed E-state index contributed by atoms with van der Waals surface area (Å²) < 4.78 is 19.0. The lowest BCUT2D eigenvalue weighted by Crippen LogP contribution is -2.35. The van der Waals surface area contributed by atoms with Crippen LogP contribution >= 0.6 is 11.6 Å². The molecule has 2 heterocycles. The van der Waals surface area contributed by atoms with E-state index in [-0.39, 0.29) is 11.7 Å². The quantitative estimate of drug-likeness (QED) is 0.654. The zero-order chi connectivity index (χ0) is 19.5. The average molecular weight is 399 g/mol. The Balaban J connectivity index is 1.34. The molecular formula is C22H20ClFN2O2. The van der Waals surface area contributed by atoms with Gasteiger partial charge in [-0.3, -0.25) is 4.79 Å². The predicted octanol–water partition coefficient (Wildman–Crippen LogP) is 5.05. The standard InChI is InChI=1S/C22H20ClFN2O2/c23-16-1-4-18(5-2-16)28-12-9-22(27)26-10-7-15(8-11-26)20-14-25-21-13-17(24)3-6-19(20)21/h1-7,13-14,25H,8-12H2. The van der Waals surface area contributed by atoms with Gasteiger partial charge >= 0.3 is 0 Å². The summed E-state index contributed by atoms with van der Waals surface area (Å²) in [5.74, 6) is 0.523. The minimum absolute atomic E-state index is 0.0743. The van der Waals surface area contributed by atoms with E-state index in [1.807, 2.05) is 11.1 Å². The molecule has 4 nitrogen and oxygen atoms in total. The number of benzene rings is 2. The maximum absolute atomic E-state index is 13.4. The fraction of sp³-hybridized carbons (Fsp3) is 0.227. The molecule has 2 aromatic carbocycles. The second-order valence-corrected chi connectivity index (χ2v) is 7.20. The van der Waals surface area contributed by atoms with E-state index in [2.05, 4.69) is 11.1 Å². The summed E-state index contributed by atoms with van der Waals surface area (Å²) >= 11 is 5.85. The van der Waals surface area contributed by atoms with Crippen molar-refractivity contribution in [2.24, 2.45) is 0 Å². The number of aromatic amines is 1. The zero-order valence-corrected chi connectivity index (χ0v) is 16.0. The van der Waals surface area contributed by atoms with Crippen molar-refractivity contribution in [2.75, 3.05) is 19.7 Å². The predicted molar refractivity (Wildman–Crippen MR) is 109 cm³/mol. The zero-order valence-electron chi connectivity index (χ0n) is 15.3. The fourth-order valence-electron chi connectivity index (χ4n) is 3.45. The van der Waals surface area contributed by atoms with Crippen molar-refractivity contribution >= 4 is 34.0 Å². The Labute approximate surface area is 167 Å². The van der Waals surface area contributed by atoms with Gasteiger partial charge in [0.05, 0.1) is 13.0 Å². The van der Waals surface area contributed by atoms with Gasteiger partial charge in [-0.25, -0.2) is 4.39 Å². The minimum Gasteiger partial charge on any atom is -0.493 e. The molecule has 0 saturated heterocycles. The number of nitrogens with zero attached hydrogens (tertiary/aromatic N) is 1. The van der Waals surface area contributed by atoms with Gasteiger partial charge in [0.25, 0.3) is 0 Å². The number of halogens is 2. The number of hydrogen-bond acceptors (Lipinski definition) is 2. The third kappa shape index (κ3) is 4.04. The highest BCUT2D eigenvalue weighted by atomic mass is 35.5. The van der Waals surface area contributed by atoms with Crippen molar-refractivity contribution in [2.45, 2.75) is 12.8 Å². The molecule has 28 heavy (non-hydrogen) atoms. The molecule has 0 unspecified atom stereocenters. The molecule has 1 amide bonds. The van der Waals surface area contributed by atoms with Crippen LogP contribution in [-0.4, -0.2) is 35.5 Å². The Kier molecular flexibility index (Phi) is 5.35. The number of fused-ring (bicyclic) bond motifs is 1. The fourth-order valence-corrected chi connectivity index (χ4v) is 3.58. The second-order valence-electron chi connectivity index (χ2n) is 6.76. The molecule has 3 aromatic rings. The van der Waals surface area contributed by atoms with E-state index in [1.54, 1.807) is 30.3 Å². The molecule has 6 heteroatoms. The van der Waals surface area contributed by atoms with Gasteiger partial charge in [-0.1, -0.05) is 17.7 Å². The van der Waals surface area contributed by atoms with E-state index in [0.717, 1.165) is 22.9 Å². The van der Waals surface area contributed by atoms with Crippen LogP contribution in [0.25, 0.3) is 16.5 Å². The molecule has 0 saturated carbocycles. The van der Waals surface area contributed by atoms with Crippen molar-refractivity contribution in [3.8, 4) is 5.75 Å². The van der Waals surface area contributed by atoms with E-state index < -0.39 is 0 Å². The lowest BCUT2D eigenvalue weighted by Gasteiger charge is -2.26. The lowest BCUT2D eigenvalue weighted by atomic mass is 9.99. The van der Waals surface area contributed by atoms with Gasteiger partial charge in [0.15, 0.2) is 0 Å². The molecule has 1 aliphatic heterocycles. The number of nitrogens with one attached hydrogen (secondary N) is 1. The third-order valence-electron chi connectivity index (χ3n) is 4.95. The number of aromatic nitrogens is 1. The number of ether oxygens (including phenoxy) is 1. The molecule has 1 aromatic heterocycles. The Morgan fingerprint density at radius 1 is 1.21 bits per heavy atom. The highest BCUT2D eigenvalue weighted by Crippen LogP contribution is 2.29. The van der Waals surface area contributed by atoms with Crippen LogP contribution in [-0.2, 0) is 4.79 Å². The van der Waals surface area contributed by atoms with Crippen LogP contribution < -0.4 is 4.74 Å². The van der Waals surface area contributed by atoms with Crippen molar-refractivity contribution in [1.29, 1.82) is 0 Å². The molecule has 0 radical (unpaired) electrons. The molecule has 0 spiro atoms. The number of carbonyl (C=O) groups is 1. The molecule has 0 bridgehead atoms. The van der Waals surface area contributed by atoms with E-state index in [1.165, 1.54) is 17.7 Å². The lowest BCUT2D eigenvalue weighted by molar-refractivity contribution is -0.131. The summed E-state index contributed by atoms with van der Waals surface area (Å²) in [7, 11) is 0. The first-order valence-electron chi connectivity index (χ1n) is 9.22. The number of amides is 1. The van der Waals surface area contributed by atoms with Crippen molar-refractivity contribution in [3.63, 3.8) is 0 Å². The van der Waals surface area contributed by atoms with Gasteiger partial charge in [-0.15, -0.1) is 0 Å². The summed E-state index contributed by atoms with van der Waals surface area (Å²) in [6.45, 7) is 1.57. The summed E-state index contributed by atoms with van der Waals surface area (Å²) in [5, 5.41) is 1.66. The SMILES string of the molecule is O=C(CCOc1ccc(Cl)cc1)N1CC=C(c2c[nH]c3cc(F)ccc23)CC1. The van der Waals surface area contributed by atoms with Gasteiger partial charge in [0.2, 0.25) is 5.91 Å². The topological polar surface area (TPSA) is 45.3 Å². The van der Waals surface area contributed by atoms with Crippen molar-refractivity contribution < 1.29 is 13.9 Å². The van der Waals surface area contributed by atoms with E-state index in [9.17, 15) is 9.18 Å². The van der Waals surface area contributed by atoms with Crippen molar-refractivity contribution in [3.05, 3.63) is 71.1 Å². The van der Waals surface area contributed by atoms with Gasteiger partial charge in [0.1, 0.15) is 11.6 Å².